The van der Waals surface area contributed by atoms with Crippen LogP contribution in [0.3, 0.4) is 0 Å². The maximum Gasteiger partial charge on any atom is 0.192 e. The molecule has 4 aliphatic rings. The number of carbonyl (C=O) groups is 2. The molecule has 3 saturated carbocycles. The molecule has 0 N–H and O–H groups in total. The topological polar surface area (TPSA) is 43.4 Å². The van der Waals surface area contributed by atoms with Crippen LogP contribution in [-0.2, 0) is 14.0 Å². The van der Waals surface area contributed by atoms with Gasteiger partial charge in [0.25, 0.3) is 0 Å². The highest BCUT2D eigenvalue weighted by Crippen LogP contribution is 2.69. The van der Waals surface area contributed by atoms with Crippen LogP contribution < -0.4 is 0 Å². The minimum absolute atomic E-state index is 0.00863. The zero-order valence-electron chi connectivity index (χ0n) is 20.3. The third-order valence-electron chi connectivity index (χ3n) is 10.7. The van der Waals surface area contributed by atoms with Crippen molar-refractivity contribution < 1.29 is 14.0 Å². The number of carbonyl (C=O) groups excluding carboxylic acids is 2. The zero-order valence-corrected chi connectivity index (χ0v) is 21.3. The summed E-state index contributed by atoms with van der Waals surface area (Å²) in [4.78, 5) is 27.4. The summed E-state index contributed by atoms with van der Waals surface area (Å²) in [6.07, 6.45) is 6.65. The smallest absolute Gasteiger partial charge is 0.192 e. The van der Waals surface area contributed by atoms with Gasteiger partial charge in [-0.3, -0.25) is 9.59 Å². The molecule has 4 bridgehead atoms. The molecule has 0 radical (unpaired) electrons. The lowest BCUT2D eigenvalue weighted by molar-refractivity contribution is -0.156. The van der Waals surface area contributed by atoms with Gasteiger partial charge in [-0.1, -0.05) is 54.5 Å². The molecule has 0 aromatic heterocycles. The average Bonchev–Trinajstić information content (AvgIpc) is 3.19. The second-order valence-corrected chi connectivity index (χ2v) is 16.3. The van der Waals surface area contributed by atoms with E-state index < -0.39 is 13.7 Å². The number of ketones is 2. The van der Waals surface area contributed by atoms with Crippen LogP contribution in [0.2, 0.25) is 18.1 Å². The van der Waals surface area contributed by atoms with Crippen molar-refractivity contribution in [2.75, 3.05) is 0 Å². The van der Waals surface area contributed by atoms with Gasteiger partial charge < -0.3 is 4.43 Å². The lowest BCUT2D eigenvalue weighted by Crippen LogP contribution is -2.59. The average molecular weight is 431 g/mol. The number of fused-ring (bicyclic) bond motifs is 2. The van der Waals surface area contributed by atoms with Gasteiger partial charge in [0.05, 0.1) is 6.10 Å². The Hall–Kier alpha value is -0.743. The van der Waals surface area contributed by atoms with Gasteiger partial charge in [0.15, 0.2) is 8.32 Å². The van der Waals surface area contributed by atoms with E-state index in [-0.39, 0.29) is 28.8 Å². The summed E-state index contributed by atoms with van der Waals surface area (Å²) < 4.78 is 7.27. The Morgan fingerprint density at radius 2 is 1.70 bits per heavy atom. The summed E-state index contributed by atoms with van der Waals surface area (Å²) in [6, 6.07) is 3.35. The highest BCUT2D eigenvalue weighted by Gasteiger charge is 2.69. The second kappa shape index (κ2) is 7.13. The molecule has 168 valence electrons. The van der Waals surface area contributed by atoms with Crippen LogP contribution in [0.25, 0.3) is 0 Å². The van der Waals surface area contributed by atoms with Crippen LogP contribution in [0.4, 0.5) is 0 Å². The second-order valence-electron chi connectivity index (χ2n) is 11.5. The van der Waals surface area contributed by atoms with Crippen molar-refractivity contribution in [3.8, 4) is 0 Å². The summed E-state index contributed by atoms with van der Waals surface area (Å²) in [5, 5.41) is 0. The molecule has 0 aromatic rings. The number of allylic oxidation sites excluding steroid dienone is 1. The minimum Gasteiger partial charge on any atom is -0.410 e. The van der Waals surface area contributed by atoms with Crippen molar-refractivity contribution in [1.82, 2.24) is 0 Å². The molecule has 0 aromatic carbocycles. The molecular formula is C26H42O3Si. The predicted octanol–water partition coefficient (Wildman–Crippen LogP) is 6.33. The molecule has 1 unspecified atom stereocenters. The van der Waals surface area contributed by atoms with Gasteiger partial charge in [-0.15, -0.1) is 0 Å². The standard InChI is InChI=1S/C26H42O3Si/c1-8-30(9-2,10-3)29-23-19-15-18(5)24(23,6)16-21(28)25(7)17(4)11-13-26(19)14-12-20(27)22(25)26/h15,17-18,22-23H,8-14,16H2,1-7H3/t17-,18-,22?,23+,24+,25+,26+/m1/s1. The van der Waals surface area contributed by atoms with E-state index in [9.17, 15) is 9.59 Å². The number of hydrogen-bond donors (Lipinski definition) is 0. The molecule has 4 rings (SSSR count). The van der Waals surface area contributed by atoms with E-state index in [2.05, 4.69) is 54.5 Å². The van der Waals surface area contributed by atoms with Crippen LogP contribution in [-0.4, -0.2) is 26.0 Å². The van der Waals surface area contributed by atoms with Crippen molar-refractivity contribution in [2.24, 2.45) is 34.0 Å². The van der Waals surface area contributed by atoms with Crippen LogP contribution >= 0.6 is 0 Å². The lowest BCUT2D eigenvalue weighted by Gasteiger charge is -2.57. The summed E-state index contributed by atoms with van der Waals surface area (Å²) in [6.45, 7) is 15.8. The van der Waals surface area contributed by atoms with Gasteiger partial charge in [0.1, 0.15) is 11.6 Å². The molecule has 7 atom stereocenters. The van der Waals surface area contributed by atoms with E-state index in [0.29, 0.717) is 30.3 Å². The maximum absolute atomic E-state index is 14.0. The van der Waals surface area contributed by atoms with Gasteiger partial charge in [-0.25, -0.2) is 0 Å². The molecule has 4 aliphatic carbocycles. The monoisotopic (exact) mass is 430 g/mol. The molecule has 0 heterocycles. The Labute approximate surface area is 184 Å². The Morgan fingerprint density at radius 3 is 2.30 bits per heavy atom. The van der Waals surface area contributed by atoms with Crippen LogP contribution in [0.1, 0.15) is 80.6 Å². The number of Topliss-reactive ketones (excluding diaryl/α,β-unsaturated/α-hetero) is 2. The third-order valence-corrected chi connectivity index (χ3v) is 15.3. The van der Waals surface area contributed by atoms with Crippen LogP contribution in [0.5, 0.6) is 0 Å². The molecule has 0 saturated heterocycles. The highest BCUT2D eigenvalue weighted by atomic mass is 28.4. The molecule has 4 heteroatoms. The van der Waals surface area contributed by atoms with Crippen molar-refractivity contribution in [1.29, 1.82) is 0 Å². The van der Waals surface area contributed by atoms with Crippen molar-refractivity contribution in [3.05, 3.63) is 11.6 Å². The molecular weight excluding hydrogens is 388 g/mol. The van der Waals surface area contributed by atoms with Crippen LogP contribution in [0, 0.1) is 34.0 Å². The first-order valence-corrected chi connectivity index (χ1v) is 15.0. The molecule has 30 heavy (non-hydrogen) atoms. The van der Waals surface area contributed by atoms with Crippen molar-refractivity contribution >= 4 is 19.9 Å². The zero-order chi connectivity index (χ0) is 22.1. The predicted molar refractivity (Wildman–Crippen MR) is 124 cm³/mol. The highest BCUT2D eigenvalue weighted by molar-refractivity contribution is 6.73. The van der Waals surface area contributed by atoms with Crippen LogP contribution in [0.15, 0.2) is 11.6 Å². The largest absolute Gasteiger partial charge is 0.410 e. The minimum atomic E-state index is -1.86. The molecule has 0 spiro atoms. The van der Waals surface area contributed by atoms with Crippen molar-refractivity contribution in [2.45, 2.75) is 105 Å². The fourth-order valence-corrected chi connectivity index (χ4v) is 10.8. The summed E-state index contributed by atoms with van der Waals surface area (Å²) in [5.41, 5.74) is 0.564. The molecule has 0 aliphatic heterocycles. The van der Waals surface area contributed by atoms with E-state index in [1.54, 1.807) is 0 Å². The van der Waals surface area contributed by atoms with Gasteiger partial charge in [0, 0.05) is 35.0 Å². The van der Waals surface area contributed by atoms with Crippen molar-refractivity contribution in [3.63, 3.8) is 0 Å². The Kier molecular flexibility index (Phi) is 5.34. The van der Waals surface area contributed by atoms with Gasteiger partial charge >= 0.3 is 0 Å². The van der Waals surface area contributed by atoms with Gasteiger partial charge in [-0.05, 0) is 54.8 Å². The third kappa shape index (κ3) is 2.65. The Bertz CT molecular complexity index is 775. The first-order valence-electron chi connectivity index (χ1n) is 12.5. The molecule has 3 nitrogen and oxygen atoms in total. The summed E-state index contributed by atoms with van der Waals surface area (Å²) in [7, 11) is -1.86. The van der Waals surface area contributed by atoms with Gasteiger partial charge in [-0.2, -0.15) is 0 Å². The van der Waals surface area contributed by atoms with E-state index in [1.807, 2.05) is 0 Å². The molecule has 3 fully saturated rings. The number of rotatable bonds is 5. The normalized spacial score (nSPS) is 45.8. The van der Waals surface area contributed by atoms with E-state index >= 15 is 0 Å². The Morgan fingerprint density at radius 1 is 1.07 bits per heavy atom. The number of hydrogen-bond acceptors (Lipinski definition) is 3. The maximum atomic E-state index is 14.0. The fraction of sp³-hybridized carbons (Fsp3) is 0.846. The quantitative estimate of drug-likeness (QED) is 0.378. The summed E-state index contributed by atoms with van der Waals surface area (Å²) >= 11 is 0. The fourth-order valence-electron chi connectivity index (χ4n) is 7.88. The molecule has 0 amide bonds. The van der Waals surface area contributed by atoms with E-state index in [0.717, 1.165) is 37.4 Å². The Balaban J connectivity index is 1.91. The SMILES string of the molecule is CC[Si](CC)(CC)O[C@H]1C2=C[C@@H](C)[C@]1(C)CC(=O)[C@@]1(C)C3C(=O)CC[C@@]23CC[C@H]1C. The van der Waals surface area contributed by atoms with E-state index in [1.165, 1.54) is 5.57 Å². The summed E-state index contributed by atoms with van der Waals surface area (Å²) in [5.74, 6) is 1.10. The van der Waals surface area contributed by atoms with Gasteiger partial charge in [0.2, 0.25) is 0 Å². The first-order chi connectivity index (χ1) is 14.0. The first kappa shape index (κ1) is 22.5. The van der Waals surface area contributed by atoms with E-state index in [4.69, 9.17) is 4.43 Å². The lowest BCUT2D eigenvalue weighted by atomic mass is 9.46.